The van der Waals surface area contributed by atoms with Gasteiger partial charge in [-0.15, -0.1) is 0 Å². The summed E-state index contributed by atoms with van der Waals surface area (Å²) < 4.78 is 1.60. The highest BCUT2D eigenvalue weighted by Crippen LogP contribution is 2.31. The van der Waals surface area contributed by atoms with Crippen LogP contribution in [0.15, 0.2) is 46.5 Å². The molecule has 1 N–H and O–H groups in total. The maximum Gasteiger partial charge on any atom is 0.254 e. The van der Waals surface area contributed by atoms with Gasteiger partial charge >= 0.3 is 0 Å². The standard InChI is InChI=1S/C15H14ClN3O2S/c16-12-4-2-1-3-10(12)8-18-13(20)7-11-9-22-15-17-6-5-14(21)19(11)15/h1-6,11H,7-9H2,(H,18,20). The second-order valence-electron chi connectivity index (χ2n) is 4.97. The largest absolute Gasteiger partial charge is 0.352 e. The van der Waals surface area contributed by atoms with E-state index in [0.717, 1.165) is 5.56 Å². The highest BCUT2D eigenvalue weighted by atomic mass is 35.5. The first-order chi connectivity index (χ1) is 10.6. The van der Waals surface area contributed by atoms with Crippen molar-refractivity contribution in [2.45, 2.75) is 24.2 Å². The van der Waals surface area contributed by atoms with E-state index in [2.05, 4.69) is 10.3 Å². The number of benzene rings is 1. The summed E-state index contributed by atoms with van der Waals surface area (Å²) in [5.74, 6) is 0.584. The van der Waals surface area contributed by atoms with Crippen LogP contribution in [-0.4, -0.2) is 21.2 Å². The zero-order valence-electron chi connectivity index (χ0n) is 11.7. The second-order valence-corrected chi connectivity index (χ2v) is 6.37. The first-order valence-electron chi connectivity index (χ1n) is 6.85. The molecule has 0 aliphatic carbocycles. The monoisotopic (exact) mass is 335 g/mol. The van der Waals surface area contributed by atoms with Gasteiger partial charge in [0.15, 0.2) is 5.16 Å². The van der Waals surface area contributed by atoms with Gasteiger partial charge < -0.3 is 5.32 Å². The van der Waals surface area contributed by atoms with Gasteiger partial charge in [0.2, 0.25) is 5.91 Å². The highest BCUT2D eigenvalue weighted by Gasteiger charge is 2.26. The average Bonchev–Trinajstić information content (AvgIpc) is 2.91. The van der Waals surface area contributed by atoms with E-state index in [1.807, 2.05) is 18.2 Å². The highest BCUT2D eigenvalue weighted by molar-refractivity contribution is 7.99. The minimum atomic E-state index is -0.146. The number of halogens is 1. The molecule has 1 aromatic carbocycles. The third-order valence-electron chi connectivity index (χ3n) is 3.47. The van der Waals surface area contributed by atoms with Crippen molar-refractivity contribution in [1.29, 1.82) is 0 Å². The minimum absolute atomic E-state index is 0.103. The van der Waals surface area contributed by atoms with Crippen LogP contribution >= 0.6 is 23.4 Å². The van der Waals surface area contributed by atoms with Crippen LogP contribution in [0.2, 0.25) is 5.02 Å². The minimum Gasteiger partial charge on any atom is -0.352 e. The van der Waals surface area contributed by atoms with Crippen LogP contribution < -0.4 is 10.9 Å². The zero-order chi connectivity index (χ0) is 15.5. The van der Waals surface area contributed by atoms with Crippen LogP contribution in [0.5, 0.6) is 0 Å². The predicted octanol–water partition coefficient (Wildman–Crippen LogP) is 2.25. The first-order valence-corrected chi connectivity index (χ1v) is 8.22. The lowest BCUT2D eigenvalue weighted by molar-refractivity contribution is -0.121. The lowest BCUT2D eigenvalue weighted by Crippen LogP contribution is -2.30. The number of carbonyl (C=O) groups excluding carboxylic acids is 1. The van der Waals surface area contributed by atoms with Gasteiger partial charge in [-0.1, -0.05) is 41.6 Å². The van der Waals surface area contributed by atoms with Crippen molar-refractivity contribution in [1.82, 2.24) is 14.9 Å². The Bertz CT molecular complexity index is 762. The van der Waals surface area contributed by atoms with Crippen LogP contribution in [-0.2, 0) is 11.3 Å². The molecule has 1 aliphatic rings. The summed E-state index contributed by atoms with van der Waals surface area (Å²) in [6, 6.07) is 8.66. The third-order valence-corrected chi connectivity index (χ3v) is 4.95. The molecule has 1 unspecified atom stereocenters. The Morgan fingerprint density at radius 3 is 3.05 bits per heavy atom. The molecule has 114 valence electrons. The summed E-state index contributed by atoms with van der Waals surface area (Å²) in [6.45, 7) is 0.382. The van der Waals surface area contributed by atoms with Crippen LogP contribution in [0.1, 0.15) is 18.0 Å². The van der Waals surface area contributed by atoms with E-state index in [4.69, 9.17) is 11.6 Å². The summed E-state index contributed by atoms with van der Waals surface area (Å²) >= 11 is 7.56. The molecular formula is C15H14ClN3O2S. The summed E-state index contributed by atoms with van der Waals surface area (Å²) in [5.41, 5.74) is 0.761. The van der Waals surface area contributed by atoms with Crippen LogP contribution in [0.4, 0.5) is 0 Å². The van der Waals surface area contributed by atoms with E-state index >= 15 is 0 Å². The third kappa shape index (κ3) is 3.18. The predicted molar refractivity (Wildman–Crippen MR) is 86.2 cm³/mol. The molecular weight excluding hydrogens is 322 g/mol. The molecule has 7 heteroatoms. The number of hydrogen-bond donors (Lipinski definition) is 1. The lowest BCUT2D eigenvalue weighted by Gasteiger charge is -2.13. The molecule has 3 rings (SSSR count). The molecule has 22 heavy (non-hydrogen) atoms. The Kier molecular flexibility index (Phi) is 4.49. The number of carbonyl (C=O) groups is 1. The van der Waals surface area contributed by atoms with Gasteiger partial charge in [-0.25, -0.2) is 4.98 Å². The van der Waals surface area contributed by atoms with E-state index in [1.165, 1.54) is 24.0 Å². The number of rotatable bonds is 4. The number of nitrogens with zero attached hydrogens (tertiary/aromatic N) is 2. The molecule has 0 fully saturated rings. The van der Waals surface area contributed by atoms with E-state index < -0.39 is 0 Å². The Hall–Kier alpha value is -1.79. The molecule has 0 spiro atoms. The maximum absolute atomic E-state index is 12.1. The summed E-state index contributed by atoms with van der Waals surface area (Å²) in [4.78, 5) is 28.2. The number of fused-ring (bicyclic) bond motifs is 1. The van der Waals surface area contributed by atoms with Gasteiger partial charge in [-0.05, 0) is 11.6 Å². The van der Waals surface area contributed by atoms with E-state index in [0.29, 0.717) is 22.5 Å². The number of aromatic nitrogens is 2. The van der Waals surface area contributed by atoms with Gasteiger partial charge in [-0.3, -0.25) is 14.2 Å². The quantitative estimate of drug-likeness (QED) is 0.870. The topological polar surface area (TPSA) is 64.0 Å². The van der Waals surface area contributed by atoms with Crippen molar-refractivity contribution in [3.8, 4) is 0 Å². The first kappa shape index (κ1) is 15.1. The average molecular weight is 336 g/mol. The number of hydrogen-bond acceptors (Lipinski definition) is 4. The fourth-order valence-electron chi connectivity index (χ4n) is 2.36. The van der Waals surface area contributed by atoms with Crippen LogP contribution in [0, 0.1) is 0 Å². The number of nitrogens with one attached hydrogen (secondary N) is 1. The van der Waals surface area contributed by atoms with Crippen molar-refractivity contribution in [2.24, 2.45) is 0 Å². The maximum atomic E-state index is 12.1. The number of amides is 1. The fourth-order valence-corrected chi connectivity index (χ4v) is 3.69. The zero-order valence-corrected chi connectivity index (χ0v) is 13.2. The van der Waals surface area contributed by atoms with Gasteiger partial charge in [0.05, 0.1) is 6.04 Å². The molecule has 0 saturated heterocycles. The Labute approximate surface area is 136 Å². The Morgan fingerprint density at radius 2 is 2.23 bits per heavy atom. The molecule has 2 aromatic rings. The second kappa shape index (κ2) is 6.54. The normalized spacial score (nSPS) is 16.3. The van der Waals surface area contributed by atoms with Crippen molar-refractivity contribution in [2.75, 3.05) is 5.75 Å². The molecule has 1 aliphatic heterocycles. The fraction of sp³-hybridized carbons (Fsp3) is 0.267. The van der Waals surface area contributed by atoms with E-state index in [1.54, 1.807) is 10.6 Å². The van der Waals surface area contributed by atoms with Crippen molar-refractivity contribution in [3.05, 3.63) is 57.5 Å². The van der Waals surface area contributed by atoms with Crippen LogP contribution in [0.25, 0.3) is 0 Å². The number of thioether (sulfide) groups is 1. The molecule has 0 radical (unpaired) electrons. The Balaban J connectivity index is 1.62. The summed E-state index contributed by atoms with van der Waals surface area (Å²) in [5, 5.41) is 4.16. The smallest absolute Gasteiger partial charge is 0.254 e. The Morgan fingerprint density at radius 1 is 1.41 bits per heavy atom. The molecule has 0 bridgehead atoms. The SMILES string of the molecule is O=C(CC1CSc2nccc(=O)n21)NCc1ccccc1Cl. The van der Waals surface area contributed by atoms with Crippen molar-refractivity contribution in [3.63, 3.8) is 0 Å². The van der Waals surface area contributed by atoms with Crippen molar-refractivity contribution < 1.29 is 4.79 Å². The molecule has 2 heterocycles. The van der Waals surface area contributed by atoms with E-state index in [9.17, 15) is 9.59 Å². The molecule has 0 saturated carbocycles. The summed E-state index contributed by atoms with van der Waals surface area (Å²) in [7, 11) is 0. The van der Waals surface area contributed by atoms with Gasteiger partial charge in [-0.2, -0.15) is 0 Å². The summed E-state index contributed by atoms with van der Waals surface area (Å²) in [6.07, 6.45) is 1.76. The van der Waals surface area contributed by atoms with Crippen molar-refractivity contribution >= 4 is 29.3 Å². The molecule has 1 aromatic heterocycles. The molecule has 1 atom stereocenters. The lowest BCUT2D eigenvalue weighted by atomic mass is 10.2. The molecule has 5 nitrogen and oxygen atoms in total. The van der Waals surface area contributed by atoms with Gasteiger partial charge in [0.25, 0.3) is 5.56 Å². The van der Waals surface area contributed by atoms with E-state index in [-0.39, 0.29) is 23.9 Å². The van der Waals surface area contributed by atoms with Gasteiger partial charge in [0, 0.05) is 36.0 Å². The molecule has 1 amide bonds. The van der Waals surface area contributed by atoms with Gasteiger partial charge in [0.1, 0.15) is 0 Å². The van der Waals surface area contributed by atoms with Crippen LogP contribution in [0.3, 0.4) is 0 Å².